The molecule has 1 aromatic heterocycles. The summed E-state index contributed by atoms with van der Waals surface area (Å²) in [5.41, 5.74) is 1.63. The largest absolute Gasteiger partial charge is 0.284 e. The number of thiophene rings is 1. The van der Waals surface area contributed by atoms with Crippen molar-refractivity contribution < 1.29 is 21.2 Å². The van der Waals surface area contributed by atoms with Gasteiger partial charge in [-0.3, -0.25) is 4.72 Å². The summed E-state index contributed by atoms with van der Waals surface area (Å²) in [6.07, 6.45) is 1.41. The number of nitrogens with zero attached hydrogens (tertiary/aromatic N) is 2. The van der Waals surface area contributed by atoms with Gasteiger partial charge in [0.1, 0.15) is 11.9 Å². The van der Waals surface area contributed by atoms with Gasteiger partial charge in [-0.25, -0.2) is 12.8 Å². The van der Waals surface area contributed by atoms with Gasteiger partial charge in [-0.1, -0.05) is 18.2 Å². The maximum Gasteiger partial charge on any atom is 0.279 e. The number of anilines is 1. The van der Waals surface area contributed by atoms with E-state index in [0.29, 0.717) is 23.4 Å². The second-order valence-corrected chi connectivity index (χ2v) is 11.5. The van der Waals surface area contributed by atoms with E-state index in [4.69, 9.17) is 0 Å². The lowest BCUT2D eigenvalue weighted by molar-refractivity contribution is 0.375. The lowest BCUT2D eigenvalue weighted by atomic mass is 10.0. The number of sulfonamides is 2. The summed E-state index contributed by atoms with van der Waals surface area (Å²) in [6, 6.07) is 14.3. The van der Waals surface area contributed by atoms with Crippen molar-refractivity contribution in [3.63, 3.8) is 0 Å². The average molecular weight is 480 g/mol. The van der Waals surface area contributed by atoms with E-state index in [1.807, 2.05) is 17.5 Å². The highest BCUT2D eigenvalue weighted by Gasteiger charge is 2.38. The Hall–Kier alpha value is -2.76. The highest BCUT2D eigenvalue weighted by molar-refractivity contribution is 7.92. The molecule has 1 atom stereocenters. The van der Waals surface area contributed by atoms with Crippen LogP contribution in [0, 0.1) is 5.82 Å². The van der Waals surface area contributed by atoms with Gasteiger partial charge in [-0.05, 0) is 53.4 Å². The molecule has 3 aromatic rings. The van der Waals surface area contributed by atoms with Gasteiger partial charge < -0.3 is 0 Å². The molecule has 2 aromatic carbocycles. The topological polar surface area (TPSA) is 95.9 Å². The third-order valence-electron chi connectivity index (χ3n) is 4.62. The minimum atomic E-state index is -4.01. The van der Waals surface area contributed by atoms with Crippen LogP contribution in [0.3, 0.4) is 0 Å². The standard InChI is InChI=1S/C20H18FN3O4S3/c1-30(25,26)23-16-8-4-14(5-9-16)18-13-19(20-3-2-12-29-20)24(22-18)31(27,28)17-10-6-15(21)7-11-17/h2-12,19,23H,13H2,1H3. The van der Waals surface area contributed by atoms with Gasteiger partial charge in [0.05, 0.1) is 16.9 Å². The van der Waals surface area contributed by atoms with Gasteiger partial charge in [-0.15, -0.1) is 11.3 Å². The second kappa shape index (κ2) is 8.06. The summed E-state index contributed by atoms with van der Waals surface area (Å²) in [6.45, 7) is 0. The highest BCUT2D eigenvalue weighted by Crippen LogP contribution is 2.39. The normalized spacial score (nSPS) is 16.9. The summed E-state index contributed by atoms with van der Waals surface area (Å²) in [4.78, 5) is 0.785. The number of nitrogens with one attached hydrogen (secondary N) is 1. The van der Waals surface area contributed by atoms with Crippen molar-refractivity contribution in [2.45, 2.75) is 17.4 Å². The van der Waals surface area contributed by atoms with Gasteiger partial charge in [0, 0.05) is 17.0 Å². The Bertz CT molecular complexity index is 1320. The van der Waals surface area contributed by atoms with Crippen LogP contribution < -0.4 is 4.72 Å². The molecule has 0 aliphatic carbocycles. The number of hydrogen-bond donors (Lipinski definition) is 1. The average Bonchev–Trinajstić information content (AvgIpc) is 3.38. The summed E-state index contributed by atoms with van der Waals surface area (Å²) < 4.78 is 66.1. The van der Waals surface area contributed by atoms with Crippen molar-refractivity contribution in [3.05, 3.63) is 82.3 Å². The SMILES string of the molecule is CS(=O)(=O)Nc1ccc(C2=NN(S(=O)(=O)c3ccc(F)cc3)C(c3cccs3)C2)cc1. The maximum atomic E-state index is 13.3. The van der Waals surface area contributed by atoms with Crippen LogP contribution in [0.25, 0.3) is 0 Å². The van der Waals surface area contributed by atoms with Gasteiger partial charge in [0.15, 0.2) is 0 Å². The molecule has 1 unspecified atom stereocenters. The Balaban J connectivity index is 1.71. The number of hydrogen-bond acceptors (Lipinski definition) is 6. The number of rotatable bonds is 6. The van der Waals surface area contributed by atoms with Crippen LogP contribution in [0.1, 0.15) is 22.9 Å². The van der Waals surface area contributed by atoms with Crippen LogP contribution in [0.4, 0.5) is 10.1 Å². The van der Waals surface area contributed by atoms with Crippen LogP contribution in [-0.2, 0) is 20.0 Å². The Morgan fingerprint density at radius 1 is 1.03 bits per heavy atom. The minimum absolute atomic E-state index is 0.0480. The third-order valence-corrected chi connectivity index (χ3v) is 7.90. The number of halogens is 1. The second-order valence-electron chi connectivity index (χ2n) is 6.97. The summed E-state index contributed by atoms with van der Waals surface area (Å²) >= 11 is 1.43. The lowest BCUT2D eigenvalue weighted by Crippen LogP contribution is -2.26. The van der Waals surface area contributed by atoms with E-state index < -0.39 is 31.9 Å². The molecule has 31 heavy (non-hydrogen) atoms. The van der Waals surface area contributed by atoms with E-state index in [-0.39, 0.29) is 4.90 Å². The molecule has 0 fully saturated rings. The Morgan fingerprint density at radius 3 is 2.29 bits per heavy atom. The van der Waals surface area contributed by atoms with Crippen LogP contribution in [0.2, 0.25) is 0 Å². The quantitative estimate of drug-likeness (QED) is 0.582. The molecule has 4 rings (SSSR count). The van der Waals surface area contributed by atoms with Crippen molar-refractivity contribution in [2.75, 3.05) is 11.0 Å². The van der Waals surface area contributed by atoms with Crippen molar-refractivity contribution >= 4 is 42.8 Å². The van der Waals surface area contributed by atoms with Gasteiger partial charge in [0.25, 0.3) is 10.0 Å². The van der Waals surface area contributed by atoms with E-state index in [0.717, 1.165) is 27.7 Å². The van der Waals surface area contributed by atoms with Crippen molar-refractivity contribution in [1.29, 1.82) is 0 Å². The van der Waals surface area contributed by atoms with Gasteiger partial charge in [-0.2, -0.15) is 17.9 Å². The highest BCUT2D eigenvalue weighted by atomic mass is 32.2. The Kier molecular flexibility index (Phi) is 5.58. The molecule has 162 valence electrons. The molecule has 7 nitrogen and oxygen atoms in total. The summed E-state index contributed by atoms with van der Waals surface area (Å²) in [5.74, 6) is -0.526. The van der Waals surface area contributed by atoms with E-state index in [9.17, 15) is 21.2 Å². The first-order valence-electron chi connectivity index (χ1n) is 9.12. The Labute approximate surface area is 184 Å². The number of hydrazone groups is 1. The van der Waals surface area contributed by atoms with Gasteiger partial charge in [0.2, 0.25) is 10.0 Å². The fourth-order valence-corrected chi connectivity index (χ4v) is 6.10. The first-order chi connectivity index (χ1) is 14.6. The molecule has 0 amide bonds. The van der Waals surface area contributed by atoms with Gasteiger partial charge >= 0.3 is 0 Å². The lowest BCUT2D eigenvalue weighted by Gasteiger charge is -2.22. The molecular weight excluding hydrogens is 461 g/mol. The molecule has 1 aliphatic heterocycles. The molecule has 1 aliphatic rings. The minimum Gasteiger partial charge on any atom is -0.284 e. The zero-order valence-corrected chi connectivity index (χ0v) is 18.7. The van der Waals surface area contributed by atoms with Crippen molar-refractivity contribution in [3.8, 4) is 0 Å². The molecule has 0 radical (unpaired) electrons. The van der Waals surface area contributed by atoms with E-state index >= 15 is 0 Å². The predicted octanol–water partition coefficient (Wildman–Crippen LogP) is 3.80. The summed E-state index contributed by atoms with van der Waals surface area (Å²) in [5, 5.41) is 6.27. The fourth-order valence-electron chi connectivity index (χ4n) is 3.24. The number of benzene rings is 2. The molecule has 0 saturated carbocycles. The first kappa shape index (κ1) is 21.5. The monoisotopic (exact) mass is 479 g/mol. The van der Waals surface area contributed by atoms with Crippen molar-refractivity contribution in [2.24, 2.45) is 5.10 Å². The van der Waals surface area contributed by atoms with Crippen LogP contribution >= 0.6 is 11.3 Å². The third kappa shape index (κ3) is 4.63. The molecule has 0 spiro atoms. The van der Waals surface area contributed by atoms with E-state index in [2.05, 4.69) is 9.82 Å². The van der Waals surface area contributed by atoms with Crippen LogP contribution in [0.15, 0.2) is 76.0 Å². The van der Waals surface area contributed by atoms with E-state index in [1.165, 1.54) is 23.5 Å². The smallest absolute Gasteiger partial charge is 0.279 e. The first-order valence-corrected chi connectivity index (χ1v) is 13.3. The molecule has 11 heteroatoms. The fraction of sp³-hybridized carbons (Fsp3) is 0.150. The molecule has 0 saturated heterocycles. The zero-order chi connectivity index (χ0) is 22.2. The van der Waals surface area contributed by atoms with Crippen molar-refractivity contribution in [1.82, 2.24) is 4.41 Å². The predicted molar refractivity (Wildman–Crippen MR) is 119 cm³/mol. The molecule has 2 heterocycles. The van der Waals surface area contributed by atoms with Crippen LogP contribution in [0.5, 0.6) is 0 Å². The molecule has 0 bridgehead atoms. The molecule has 1 N–H and O–H groups in total. The summed E-state index contributed by atoms with van der Waals surface area (Å²) in [7, 11) is -7.41. The zero-order valence-electron chi connectivity index (χ0n) is 16.3. The molecular formula is C20H18FN3O4S3. The van der Waals surface area contributed by atoms with Crippen LogP contribution in [-0.4, -0.2) is 33.2 Å². The maximum absolute atomic E-state index is 13.3. The van der Waals surface area contributed by atoms with E-state index in [1.54, 1.807) is 24.3 Å². The Morgan fingerprint density at radius 2 is 1.71 bits per heavy atom.